The van der Waals surface area contributed by atoms with E-state index in [9.17, 15) is 0 Å². The third kappa shape index (κ3) is 2.28. The third-order valence-electron chi connectivity index (χ3n) is 3.56. The summed E-state index contributed by atoms with van der Waals surface area (Å²) in [5.74, 6) is 0. The highest BCUT2D eigenvalue weighted by Gasteiger charge is 2.15. The normalized spacial score (nSPS) is 15.4. The Bertz CT molecular complexity index is 575. The van der Waals surface area contributed by atoms with E-state index in [4.69, 9.17) is 23.2 Å². The van der Waals surface area contributed by atoms with Crippen LogP contribution in [0.4, 0.5) is 0 Å². The van der Waals surface area contributed by atoms with Gasteiger partial charge in [-0.3, -0.25) is 0 Å². The van der Waals surface area contributed by atoms with Crippen molar-refractivity contribution < 1.29 is 0 Å². The SMILES string of the molecule is Clc1cccc(C(Cl)c2ccc3c(c2)CCC3)c1. The van der Waals surface area contributed by atoms with Gasteiger partial charge in [-0.05, 0) is 53.6 Å². The minimum atomic E-state index is -0.116. The van der Waals surface area contributed by atoms with Crippen LogP contribution in [0.25, 0.3) is 0 Å². The average molecular weight is 277 g/mol. The fraction of sp³-hybridized carbons (Fsp3) is 0.250. The fourth-order valence-corrected chi connectivity index (χ4v) is 3.08. The topological polar surface area (TPSA) is 0 Å². The Kier molecular flexibility index (Phi) is 3.32. The van der Waals surface area contributed by atoms with Crippen LogP contribution in [0.5, 0.6) is 0 Å². The second-order valence-electron chi connectivity index (χ2n) is 4.80. The quantitative estimate of drug-likeness (QED) is 0.665. The van der Waals surface area contributed by atoms with Crippen LogP contribution in [-0.4, -0.2) is 0 Å². The average Bonchev–Trinajstić information content (AvgIpc) is 2.85. The Balaban J connectivity index is 1.95. The Morgan fingerprint density at radius 2 is 1.67 bits per heavy atom. The van der Waals surface area contributed by atoms with Gasteiger partial charge in [0, 0.05) is 5.02 Å². The summed E-state index contributed by atoms with van der Waals surface area (Å²) in [7, 11) is 0. The number of benzene rings is 2. The molecule has 92 valence electrons. The molecule has 2 aromatic rings. The zero-order valence-corrected chi connectivity index (χ0v) is 11.5. The van der Waals surface area contributed by atoms with Gasteiger partial charge >= 0.3 is 0 Å². The molecule has 18 heavy (non-hydrogen) atoms. The summed E-state index contributed by atoms with van der Waals surface area (Å²) in [6.45, 7) is 0. The van der Waals surface area contributed by atoms with Crippen LogP contribution in [-0.2, 0) is 12.8 Å². The lowest BCUT2D eigenvalue weighted by molar-refractivity contribution is 0.911. The van der Waals surface area contributed by atoms with Crippen molar-refractivity contribution >= 4 is 23.2 Å². The number of aryl methyl sites for hydroxylation is 2. The van der Waals surface area contributed by atoms with Crippen molar-refractivity contribution in [2.24, 2.45) is 0 Å². The van der Waals surface area contributed by atoms with E-state index in [0.717, 1.165) is 10.6 Å². The first-order chi connectivity index (χ1) is 8.74. The molecule has 2 aromatic carbocycles. The highest BCUT2D eigenvalue weighted by Crippen LogP contribution is 2.33. The van der Waals surface area contributed by atoms with E-state index in [1.807, 2.05) is 24.3 Å². The maximum absolute atomic E-state index is 6.55. The second-order valence-corrected chi connectivity index (χ2v) is 5.67. The van der Waals surface area contributed by atoms with Crippen LogP contribution in [0, 0.1) is 0 Å². The molecule has 0 radical (unpaired) electrons. The molecule has 0 aromatic heterocycles. The van der Waals surface area contributed by atoms with Gasteiger partial charge in [0.05, 0.1) is 5.38 Å². The minimum Gasteiger partial charge on any atom is -0.113 e. The minimum absolute atomic E-state index is 0.116. The Morgan fingerprint density at radius 3 is 2.50 bits per heavy atom. The highest BCUT2D eigenvalue weighted by atomic mass is 35.5. The van der Waals surface area contributed by atoms with Crippen molar-refractivity contribution in [3.63, 3.8) is 0 Å². The van der Waals surface area contributed by atoms with Crippen LogP contribution in [0.3, 0.4) is 0 Å². The van der Waals surface area contributed by atoms with Gasteiger partial charge in [0.2, 0.25) is 0 Å². The molecule has 0 nitrogen and oxygen atoms in total. The summed E-state index contributed by atoms with van der Waals surface area (Å²) >= 11 is 12.6. The van der Waals surface area contributed by atoms with E-state index in [1.165, 1.54) is 36.0 Å². The number of rotatable bonds is 2. The van der Waals surface area contributed by atoms with Crippen LogP contribution in [0.2, 0.25) is 5.02 Å². The lowest BCUT2D eigenvalue weighted by Gasteiger charge is -2.12. The lowest BCUT2D eigenvalue weighted by atomic mass is 10.00. The van der Waals surface area contributed by atoms with E-state index in [2.05, 4.69) is 18.2 Å². The van der Waals surface area contributed by atoms with Crippen LogP contribution >= 0.6 is 23.2 Å². The van der Waals surface area contributed by atoms with Gasteiger partial charge in [-0.15, -0.1) is 11.6 Å². The number of fused-ring (bicyclic) bond motifs is 1. The van der Waals surface area contributed by atoms with E-state index in [0.29, 0.717) is 0 Å². The molecule has 0 bridgehead atoms. The molecule has 0 N–H and O–H groups in total. The molecule has 0 spiro atoms. The zero-order valence-electron chi connectivity index (χ0n) is 10.00. The summed E-state index contributed by atoms with van der Waals surface area (Å²) in [4.78, 5) is 0. The molecule has 2 heteroatoms. The fourth-order valence-electron chi connectivity index (χ4n) is 2.61. The first kappa shape index (κ1) is 12.1. The monoisotopic (exact) mass is 276 g/mol. The molecule has 1 aliphatic rings. The van der Waals surface area contributed by atoms with E-state index in [1.54, 1.807) is 0 Å². The van der Waals surface area contributed by atoms with E-state index < -0.39 is 0 Å². The van der Waals surface area contributed by atoms with Crippen molar-refractivity contribution in [2.45, 2.75) is 24.6 Å². The first-order valence-electron chi connectivity index (χ1n) is 6.25. The van der Waals surface area contributed by atoms with Gasteiger partial charge in [-0.25, -0.2) is 0 Å². The third-order valence-corrected chi connectivity index (χ3v) is 4.30. The smallest absolute Gasteiger partial charge is 0.0836 e. The maximum Gasteiger partial charge on any atom is 0.0836 e. The molecule has 0 amide bonds. The van der Waals surface area contributed by atoms with Gasteiger partial charge in [-0.1, -0.05) is 41.9 Å². The largest absolute Gasteiger partial charge is 0.113 e. The molecule has 1 unspecified atom stereocenters. The molecule has 3 rings (SSSR count). The van der Waals surface area contributed by atoms with Gasteiger partial charge < -0.3 is 0 Å². The molecule has 0 aliphatic heterocycles. The summed E-state index contributed by atoms with van der Waals surface area (Å²) in [5.41, 5.74) is 5.16. The van der Waals surface area contributed by atoms with Crippen molar-refractivity contribution in [3.8, 4) is 0 Å². The van der Waals surface area contributed by atoms with Gasteiger partial charge in [0.1, 0.15) is 0 Å². The van der Waals surface area contributed by atoms with E-state index in [-0.39, 0.29) is 5.38 Å². The van der Waals surface area contributed by atoms with E-state index >= 15 is 0 Å². The molecule has 0 fully saturated rings. The molecule has 1 aliphatic carbocycles. The Labute approximate surface area is 118 Å². The van der Waals surface area contributed by atoms with Crippen molar-refractivity contribution in [1.29, 1.82) is 0 Å². The number of halogens is 2. The van der Waals surface area contributed by atoms with Crippen molar-refractivity contribution in [1.82, 2.24) is 0 Å². The van der Waals surface area contributed by atoms with Crippen LogP contribution < -0.4 is 0 Å². The summed E-state index contributed by atoms with van der Waals surface area (Å²) in [6, 6.07) is 14.4. The van der Waals surface area contributed by atoms with Crippen molar-refractivity contribution in [2.75, 3.05) is 0 Å². The summed E-state index contributed by atoms with van der Waals surface area (Å²) in [5, 5.41) is 0.619. The maximum atomic E-state index is 6.55. The molecule has 0 heterocycles. The predicted octanol–water partition coefficient (Wildman–Crippen LogP) is 5.16. The Morgan fingerprint density at radius 1 is 0.889 bits per heavy atom. The first-order valence-corrected chi connectivity index (χ1v) is 7.07. The predicted molar refractivity (Wildman–Crippen MR) is 77.6 cm³/mol. The number of hydrogen-bond acceptors (Lipinski definition) is 0. The molecular weight excluding hydrogens is 263 g/mol. The number of hydrogen-bond donors (Lipinski definition) is 0. The van der Waals surface area contributed by atoms with Gasteiger partial charge in [0.25, 0.3) is 0 Å². The summed E-state index contributed by atoms with van der Waals surface area (Å²) < 4.78 is 0. The highest BCUT2D eigenvalue weighted by molar-refractivity contribution is 6.30. The molecule has 1 atom stereocenters. The zero-order chi connectivity index (χ0) is 12.5. The van der Waals surface area contributed by atoms with Crippen LogP contribution in [0.15, 0.2) is 42.5 Å². The van der Waals surface area contributed by atoms with Gasteiger partial charge in [-0.2, -0.15) is 0 Å². The molecule has 0 saturated heterocycles. The van der Waals surface area contributed by atoms with Crippen LogP contribution in [0.1, 0.15) is 34.1 Å². The Hall–Kier alpha value is -0.980. The number of alkyl halides is 1. The standard InChI is InChI=1S/C16H14Cl2/c17-15-6-2-5-13(10-15)16(18)14-8-7-11-3-1-4-12(11)9-14/h2,5-10,16H,1,3-4H2. The van der Waals surface area contributed by atoms with Gasteiger partial charge in [0.15, 0.2) is 0 Å². The lowest BCUT2D eigenvalue weighted by Crippen LogP contribution is -1.95. The molecular formula is C16H14Cl2. The van der Waals surface area contributed by atoms with Crippen molar-refractivity contribution in [3.05, 3.63) is 69.7 Å². The summed E-state index contributed by atoms with van der Waals surface area (Å²) in [6.07, 6.45) is 3.66. The second kappa shape index (κ2) is 4.95. The molecule has 0 saturated carbocycles.